The van der Waals surface area contributed by atoms with E-state index in [1.165, 1.54) is 0 Å². The molecular weight excluding hydrogens is 370 g/mol. The quantitative estimate of drug-likeness (QED) is 0.688. The minimum absolute atomic E-state index is 0.264. The van der Waals surface area contributed by atoms with Gasteiger partial charge in [0.15, 0.2) is 0 Å². The third kappa shape index (κ3) is 4.07. The lowest BCUT2D eigenvalue weighted by Crippen LogP contribution is -2.20. The smallest absolute Gasteiger partial charge is 0.274 e. The number of fused-ring (bicyclic) bond motifs is 1. The zero-order chi connectivity index (χ0) is 20.4. The summed E-state index contributed by atoms with van der Waals surface area (Å²) in [4.78, 5) is 20.8. The Morgan fingerprint density at radius 3 is 2.79 bits per heavy atom. The lowest BCUT2D eigenvalue weighted by molar-refractivity contribution is 0.102. The van der Waals surface area contributed by atoms with Gasteiger partial charge in [0.2, 0.25) is 0 Å². The fourth-order valence-electron chi connectivity index (χ4n) is 3.89. The standard InChI is InChI=1S/C21H25N5O3/c1-13-22-8-7-17(23-13)21(28)24-19-9-15-11-26(25-18(15)10-20(19)29-2)16-5-3-14(12-27)4-6-16/h7-11,14,16,27H,3-6,12H2,1-2H3,(H,24,28)/t14-,16-. The van der Waals surface area contributed by atoms with Crippen molar-refractivity contribution in [2.45, 2.75) is 38.6 Å². The van der Waals surface area contributed by atoms with E-state index in [2.05, 4.69) is 15.3 Å². The molecular formula is C21H25N5O3. The predicted molar refractivity (Wildman–Crippen MR) is 109 cm³/mol. The third-order valence-corrected chi connectivity index (χ3v) is 5.55. The first kappa shape index (κ1) is 19.3. The molecule has 0 aliphatic heterocycles. The second kappa shape index (κ2) is 8.16. The summed E-state index contributed by atoms with van der Waals surface area (Å²) >= 11 is 0. The van der Waals surface area contributed by atoms with Crippen molar-refractivity contribution in [2.24, 2.45) is 5.92 Å². The zero-order valence-electron chi connectivity index (χ0n) is 16.6. The first-order chi connectivity index (χ1) is 14.1. The van der Waals surface area contributed by atoms with Gasteiger partial charge in [-0.05, 0) is 50.7 Å². The summed E-state index contributed by atoms with van der Waals surface area (Å²) in [6, 6.07) is 5.63. The van der Waals surface area contributed by atoms with Gasteiger partial charge in [-0.3, -0.25) is 9.48 Å². The molecule has 1 aliphatic rings. The number of nitrogens with one attached hydrogen (secondary N) is 1. The number of anilines is 1. The Morgan fingerprint density at radius 1 is 1.31 bits per heavy atom. The fraction of sp³-hybridized carbons (Fsp3) is 0.429. The molecule has 1 fully saturated rings. The van der Waals surface area contributed by atoms with Crippen molar-refractivity contribution in [2.75, 3.05) is 19.0 Å². The maximum absolute atomic E-state index is 12.6. The number of nitrogens with zero attached hydrogens (tertiary/aromatic N) is 4. The molecule has 1 aromatic carbocycles. The number of methoxy groups -OCH3 is 1. The lowest BCUT2D eigenvalue weighted by atomic mass is 9.87. The van der Waals surface area contributed by atoms with Gasteiger partial charge >= 0.3 is 0 Å². The number of aryl methyl sites for hydroxylation is 1. The van der Waals surface area contributed by atoms with E-state index >= 15 is 0 Å². The topological polar surface area (TPSA) is 102 Å². The molecule has 1 aliphatic carbocycles. The van der Waals surface area contributed by atoms with Gasteiger partial charge in [0.05, 0.1) is 24.4 Å². The highest BCUT2D eigenvalue weighted by Gasteiger charge is 2.23. The van der Waals surface area contributed by atoms with Crippen molar-refractivity contribution in [1.29, 1.82) is 0 Å². The number of aliphatic hydroxyl groups is 1. The average Bonchev–Trinajstić information content (AvgIpc) is 3.16. The number of hydrogen-bond acceptors (Lipinski definition) is 6. The monoisotopic (exact) mass is 395 g/mol. The van der Waals surface area contributed by atoms with Crippen molar-refractivity contribution in [3.63, 3.8) is 0 Å². The molecule has 1 amide bonds. The molecule has 2 aromatic heterocycles. The van der Waals surface area contributed by atoms with Gasteiger partial charge < -0.3 is 15.2 Å². The molecule has 0 radical (unpaired) electrons. The summed E-state index contributed by atoms with van der Waals surface area (Å²) in [5.41, 5.74) is 1.70. The number of carbonyl (C=O) groups is 1. The van der Waals surface area contributed by atoms with Crippen LogP contribution in [0.4, 0.5) is 5.69 Å². The molecule has 0 unspecified atom stereocenters. The van der Waals surface area contributed by atoms with Crippen molar-refractivity contribution in [3.05, 3.63) is 42.1 Å². The second-order valence-corrected chi connectivity index (χ2v) is 7.52. The van der Waals surface area contributed by atoms with Gasteiger partial charge in [0.25, 0.3) is 5.91 Å². The van der Waals surface area contributed by atoms with E-state index in [1.807, 2.05) is 23.0 Å². The largest absolute Gasteiger partial charge is 0.494 e. The molecule has 3 aromatic rings. The Labute approximate surface area is 168 Å². The van der Waals surface area contributed by atoms with Gasteiger partial charge in [-0.1, -0.05) is 0 Å². The number of rotatable bonds is 5. The first-order valence-corrected chi connectivity index (χ1v) is 9.86. The highest BCUT2D eigenvalue weighted by molar-refractivity contribution is 6.05. The number of amides is 1. The van der Waals surface area contributed by atoms with Crippen LogP contribution in [-0.2, 0) is 0 Å². The minimum Gasteiger partial charge on any atom is -0.494 e. The Morgan fingerprint density at radius 2 is 2.10 bits per heavy atom. The van der Waals surface area contributed by atoms with Gasteiger partial charge in [-0.2, -0.15) is 5.10 Å². The van der Waals surface area contributed by atoms with Gasteiger partial charge in [0.1, 0.15) is 17.3 Å². The maximum atomic E-state index is 12.6. The highest BCUT2D eigenvalue weighted by atomic mass is 16.5. The molecule has 2 heterocycles. The van der Waals surface area contributed by atoms with E-state index in [0.717, 1.165) is 36.6 Å². The molecule has 8 heteroatoms. The van der Waals surface area contributed by atoms with Crippen LogP contribution in [0.1, 0.15) is 48.0 Å². The van der Waals surface area contributed by atoms with Crippen molar-refractivity contribution in [1.82, 2.24) is 19.7 Å². The van der Waals surface area contributed by atoms with E-state index in [-0.39, 0.29) is 12.5 Å². The average molecular weight is 395 g/mol. The van der Waals surface area contributed by atoms with Gasteiger partial charge in [-0.15, -0.1) is 0 Å². The number of aliphatic hydroxyl groups excluding tert-OH is 1. The van der Waals surface area contributed by atoms with E-state index in [1.54, 1.807) is 26.3 Å². The minimum atomic E-state index is -0.317. The van der Waals surface area contributed by atoms with Crippen LogP contribution in [0.25, 0.3) is 10.9 Å². The van der Waals surface area contributed by atoms with Crippen LogP contribution in [-0.4, -0.2) is 44.5 Å². The number of benzene rings is 1. The molecule has 1 saturated carbocycles. The van der Waals surface area contributed by atoms with Crippen LogP contribution < -0.4 is 10.1 Å². The van der Waals surface area contributed by atoms with Crippen LogP contribution in [0.2, 0.25) is 0 Å². The summed E-state index contributed by atoms with van der Waals surface area (Å²) in [7, 11) is 1.57. The zero-order valence-corrected chi connectivity index (χ0v) is 16.6. The Hall–Kier alpha value is -3.00. The molecule has 8 nitrogen and oxygen atoms in total. The Bertz CT molecular complexity index is 1020. The molecule has 29 heavy (non-hydrogen) atoms. The second-order valence-electron chi connectivity index (χ2n) is 7.52. The van der Waals surface area contributed by atoms with E-state index < -0.39 is 0 Å². The van der Waals surface area contributed by atoms with Crippen LogP contribution >= 0.6 is 0 Å². The van der Waals surface area contributed by atoms with E-state index in [0.29, 0.717) is 34.9 Å². The van der Waals surface area contributed by atoms with Crippen LogP contribution in [0.15, 0.2) is 30.6 Å². The van der Waals surface area contributed by atoms with Gasteiger partial charge in [0, 0.05) is 30.5 Å². The molecule has 0 bridgehead atoms. The SMILES string of the molecule is COc1cc2nn([C@H]3CC[C@H](CO)CC3)cc2cc1NC(=O)c1ccnc(C)n1. The highest BCUT2D eigenvalue weighted by Crippen LogP contribution is 2.34. The normalized spacial score (nSPS) is 19.3. The summed E-state index contributed by atoms with van der Waals surface area (Å²) < 4.78 is 7.48. The lowest BCUT2D eigenvalue weighted by Gasteiger charge is -2.27. The Balaban J connectivity index is 1.59. The maximum Gasteiger partial charge on any atom is 0.274 e. The number of ether oxygens (including phenoxy) is 1. The van der Waals surface area contributed by atoms with Crippen LogP contribution in [0.3, 0.4) is 0 Å². The molecule has 0 spiro atoms. The summed E-state index contributed by atoms with van der Waals surface area (Å²) in [6.07, 6.45) is 7.62. The van der Waals surface area contributed by atoms with E-state index in [9.17, 15) is 9.90 Å². The number of aromatic nitrogens is 4. The van der Waals surface area contributed by atoms with Crippen LogP contribution in [0, 0.1) is 12.8 Å². The third-order valence-electron chi connectivity index (χ3n) is 5.55. The molecule has 4 rings (SSSR count). The molecule has 152 valence electrons. The molecule has 0 atom stereocenters. The Kier molecular flexibility index (Phi) is 5.44. The van der Waals surface area contributed by atoms with Crippen molar-refractivity contribution < 1.29 is 14.6 Å². The van der Waals surface area contributed by atoms with Crippen molar-refractivity contribution >= 4 is 22.5 Å². The van der Waals surface area contributed by atoms with Crippen LogP contribution in [0.5, 0.6) is 5.75 Å². The summed E-state index contributed by atoms with van der Waals surface area (Å²) in [5.74, 6) is 1.18. The van der Waals surface area contributed by atoms with E-state index in [4.69, 9.17) is 9.84 Å². The summed E-state index contributed by atoms with van der Waals surface area (Å²) in [5, 5.41) is 17.9. The summed E-state index contributed by atoms with van der Waals surface area (Å²) in [6.45, 7) is 2.01. The molecule has 2 N–H and O–H groups in total. The van der Waals surface area contributed by atoms with Gasteiger partial charge in [-0.25, -0.2) is 9.97 Å². The number of carbonyl (C=O) groups excluding carboxylic acids is 1. The number of hydrogen-bond donors (Lipinski definition) is 2. The predicted octanol–water partition coefficient (Wildman–Crippen LogP) is 3.12. The van der Waals surface area contributed by atoms with Crippen molar-refractivity contribution in [3.8, 4) is 5.75 Å². The molecule has 0 saturated heterocycles. The first-order valence-electron chi connectivity index (χ1n) is 9.86. The fourth-order valence-corrected chi connectivity index (χ4v) is 3.89.